The number of para-hydroxylation sites is 1. The molecule has 23 heavy (non-hydrogen) atoms. The fourth-order valence-electron chi connectivity index (χ4n) is 3.26. The summed E-state index contributed by atoms with van der Waals surface area (Å²) < 4.78 is 6.16. The molecule has 5 heteroatoms. The van der Waals surface area contributed by atoms with Crippen LogP contribution in [0.25, 0.3) is 21.1 Å². The quantitative estimate of drug-likeness (QED) is 0.722. The highest BCUT2D eigenvalue weighted by Gasteiger charge is 2.20. The molecule has 1 N–H and O–H groups in total. The number of hydrogen-bond donors (Lipinski definition) is 1. The van der Waals surface area contributed by atoms with Crippen LogP contribution in [0, 0.1) is 0 Å². The zero-order valence-corrected chi connectivity index (χ0v) is 13.4. The van der Waals surface area contributed by atoms with Gasteiger partial charge in [-0.3, -0.25) is 4.79 Å². The first-order valence-electron chi connectivity index (χ1n) is 7.98. The van der Waals surface area contributed by atoms with Crippen molar-refractivity contribution in [1.29, 1.82) is 0 Å². The molecular weight excluding hydrogens is 310 g/mol. The van der Waals surface area contributed by atoms with Crippen molar-refractivity contribution in [2.75, 3.05) is 0 Å². The van der Waals surface area contributed by atoms with Crippen LogP contribution in [0.1, 0.15) is 41.8 Å². The molecule has 118 valence electrons. The lowest BCUT2D eigenvalue weighted by Crippen LogP contribution is -2.35. The van der Waals surface area contributed by atoms with Crippen LogP contribution in [0.3, 0.4) is 0 Å². The molecule has 1 saturated carbocycles. The number of carbonyl (C=O) groups is 1. The largest absolute Gasteiger partial charge is 0.422 e. The van der Waals surface area contributed by atoms with Crippen molar-refractivity contribution in [1.82, 2.24) is 5.32 Å². The van der Waals surface area contributed by atoms with Gasteiger partial charge in [0.25, 0.3) is 5.91 Å². The summed E-state index contributed by atoms with van der Waals surface area (Å²) in [6, 6.07) is 9.35. The molecule has 2 heterocycles. The maximum atomic E-state index is 12.5. The first-order chi connectivity index (χ1) is 11.2. The molecule has 4 nitrogen and oxygen atoms in total. The third kappa shape index (κ3) is 2.65. The lowest BCUT2D eigenvalue weighted by molar-refractivity contribution is 0.0932. The Kier molecular flexibility index (Phi) is 3.65. The van der Waals surface area contributed by atoms with Crippen molar-refractivity contribution in [3.05, 3.63) is 45.6 Å². The minimum atomic E-state index is -0.383. The SMILES string of the molecule is O=C(NC1CCCCC1)c1cc2c(=O)oc3ccccc3c2s1. The molecule has 0 aliphatic heterocycles. The topological polar surface area (TPSA) is 59.3 Å². The third-order valence-electron chi connectivity index (χ3n) is 4.45. The van der Waals surface area contributed by atoms with Gasteiger partial charge in [0.05, 0.1) is 15.0 Å². The molecule has 2 aromatic heterocycles. The predicted molar refractivity (Wildman–Crippen MR) is 92.2 cm³/mol. The van der Waals surface area contributed by atoms with Crippen molar-refractivity contribution in [3.8, 4) is 0 Å². The van der Waals surface area contributed by atoms with Crippen LogP contribution in [-0.2, 0) is 0 Å². The number of amides is 1. The highest BCUT2D eigenvalue weighted by Crippen LogP contribution is 2.30. The normalized spacial score (nSPS) is 16.0. The summed E-state index contributed by atoms with van der Waals surface area (Å²) in [5, 5.41) is 4.47. The van der Waals surface area contributed by atoms with E-state index in [9.17, 15) is 9.59 Å². The zero-order chi connectivity index (χ0) is 15.8. The molecule has 1 fully saturated rings. The van der Waals surface area contributed by atoms with Crippen molar-refractivity contribution in [3.63, 3.8) is 0 Å². The summed E-state index contributed by atoms with van der Waals surface area (Å²) in [7, 11) is 0. The monoisotopic (exact) mass is 327 g/mol. The van der Waals surface area contributed by atoms with E-state index < -0.39 is 0 Å². The Balaban J connectivity index is 1.73. The summed E-state index contributed by atoms with van der Waals surface area (Å²) in [6.45, 7) is 0. The zero-order valence-electron chi connectivity index (χ0n) is 12.6. The van der Waals surface area contributed by atoms with Gasteiger partial charge in [-0.25, -0.2) is 4.79 Å². The van der Waals surface area contributed by atoms with Gasteiger partial charge in [0.2, 0.25) is 0 Å². The standard InChI is InChI=1S/C18H17NO3S/c20-17(19-11-6-2-1-3-7-11)15-10-13-16(23-15)12-8-4-5-9-14(12)22-18(13)21/h4-5,8-11H,1-3,6-7H2,(H,19,20). The first kappa shape index (κ1) is 14.5. The Labute approximate surface area is 137 Å². The van der Waals surface area contributed by atoms with Crippen molar-refractivity contribution in [2.24, 2.45) is 0 Å². The van der Waals surface area contributed by atoms with Gasteiger partial charge in [0.15, 0.2) is 0 Å². The van der Waals surface area contributed by atoms with E-state index in [-0.39, 0.29) is 17.6 Å². The summed E-state index contributed by atoms with van der Waals surface area (Å²) in [4.78, 5) is 25.2. The van der Waals surface area contributed by atoms with Gasteiger partial charge in [-0.2, -0.15) is 0 Å². The van der Waals surface area contributed by atoms with E-state index >= 15 is 0 Å². The predicted octanol–water partition coefficient (Wildman–Crippen LogP) is 4.07. The van der Waals surface area contributed by atoms with Gasteiger partial charge < -0.3 is 9.73 Å². The molecule has 0 unspecified atom stereocenters. The smallest absolute Gasteiger partial charge is 0.345 e. The molecule has 0 bridgehead atoms. The van der Waals surface area contributed by atoms with Crippen molar-refractivity contribution < 1.29 is 9.21 Å². The second kappa shape index (κ2) is 5.81. The van der Waals surface area contributed by atoms with Crippen LogP contribution in [0.4, 0.5) is 0 Å². The highest BCUT2D eigenvalue weighted by molar-refractivity contribution is 7.21. The molecule has 1 aliphatic carbocycles. The molecule has 1 aliphatic rings. The summed E-state index contributed by atoms with van der Waals surface area (Å²) in [5.41, 5.74) is 0.178. The fraction of sp³-hybridized carbons (Fsp3) is 0.333. The number of rotatable bonds is 2. The van der Waals surface area contributed by atoms with E-state index in [1.165, 1.54) is 30.6 Å². The van der Waals surface area contributed by atoms with E-state index in [4.69, 9.17) is 4.42 Å². The minimum absolute atomic E-state index is 0.0819. The van der Waals surface area contributed by atoms with Gasteiger partial charge in [0, 0.05) is 11.4 Å². The van der Waals surface area contributed by atoms with Crippen LogP contribution in [0.15, 0.2) is 39.5 Å². The van der Waals surface area contributed by atoms with Gasteiger partial charge in [-0.1, -0.05) is 31.4 Å². The number of benzene rings is 1. The number of carbonyl (C=O) groups excluding carboxylic acids is 1. The van der Waals surface area contributed by atoms with Crippen LogP contribution in [0.2, 0.25) is 0 Å². The highest BCUT2D eigenvalue weighted by atomic mass is 32.1. The number of fused-ring (bicyclic) bond motifs is 3. The molecule has 4 rings (SSSR count). The average molecular weight is 327 g/mol. The Morgan fingerprint density at radius 2 is 1.91 bits per heavy atom. The molecule has 0 radical (unpaired) electrons. The van der Waals surface area contributed by atoms with Gasteiger partial charge in [-0.05, 0) is 31.0 Å². The Hall–Kier alpha value is -2.14. The fourth-order valence-corrected chi connectivity index (χ4v) is 4.34. The third-order valence-corrected chi connectivity index (χ3v) is 5.62. The molecule has 1 aromatic carbocycles. The first-order valence-corrected chi connectivity index (χ1v) is 8.80. The van der Waals surface area contributed by atoms with Crippen molar-refractivity contribution >= 4 is 38.3 Å². The average Bonchev–Trinajstić information content (AvgIpc) is 3.02. The van der Waals surface area contributed by atoms with Crippen LogP contribution >= 0.6 is 11.3 Å². The van der Waals surface area contributed by atoms with Crippen molar-refractivity contribution in [2.45, 2.75) is 38.1 Å². The summed E-state index contributed by atoms with van der Waals surface area (Å²) in [5.74, 6) is -0.0819. The Morgan fingerprint density at radius 3 is 2.74 bits per heavy atom. The van der Waals surface area contributed by atoms with Crippen LogP contribution in [-0.4, -0.2) is 11.9 Å². The Morgan fingerprint density at radius 1 is 1.13 bits per heavy atom. The second-order valence-corrected chi connectivity index (χ2v) is 7.10. The van der Waals surface area contributed by atoms with E-state index in [0.29, 0.717) is 15.8 Å². The van der Waals surface area contributed by atoms with E-state index in [1.807, 2.05) is 18.2 Å². The molecule has 0 atom stereocenters. The van der Waals surface area contributed by atoms with E-state index in [0.717, 1.165) is 22.9 Å². The van der Waals surface area contributed by atoms with Gasteiger partial charge >= 0.3 is 5.63 Å². The summed E-state index contributed by atoms with van der Waals surface area (Å²) in [6.07, 6.45) is 5.68. The number of hydrogen-bond acceptors (Lipinski definition) is 4. The van der Waals surface area contributed by atoms with Crippen LogP contribution < -0.4 is 10.9 Å². The molecular formula is C18H17NO3S. The van der Waals surface area contributed by atoms with Crippen LogP contribution in [0.5, 0.6) is 0 Å². The lowest BCUT2D eigenvalue weighted by atomic mass is 9.95. The van der Waals surface area contributed by atoms with E-state index in [2.05, 4.69) is 5.32 Å². The molecule has 3 aromatic rings. The maximum Gasteiger partial charge on any atom is 0.345 e. The second-order valence-electron chi connectivity index (χ2n) is 6.05. The molecule has 0 spiro atoms. The number of thiophene rings is 1. The van der Waals surface area contributed by atoms with E-state index in [1.54, 1.807) is 12.1 Å². The Bertz CT molecular complexity index is 934. The maximum absolute atomic E-state index is 12.5. The minimum Gasteiger partial charge on any atom is -0.422 e. The van der Waals surface area contributed by atoms with Gasteiger partial charge in [-0.15, -0.1) is 11.3 Å². The lowest BCUT2D eigenvalue weighted by Gasteiger charge is -2.22. The van der Waals surface area contributed by atoms with Gasteiger partial charge in [0.1, 0.15) is 5.58 Å². The number of nitrogens with one attached hydrogen (secondary N) is 1. The molecule has 0 saturated heterocycles. The summed E-state index contributed by atoms with van der Waals surface area (Å²) >= 11 is 1.37. The molecule has 1 amide bonds.